The lowest BCUT2D eigenvalue weighted by Gasteiger charge is -2.13. The topological polar surface area (TPSA) is 86.2 Å². The van der Waals surface area contributed by atoms with Crippen molar-refractivity contribution in [1.82, 2.24) is 15.2 Å². The minimum absolute atomic E-state index is 0.230. The minimum atomic E-state index is -0.334. The van der Waals surface area contributed by atoms with E-state index in [4.69, 9.17) is 21.1 Å². The van der Waals surface area contributed by atoms with Crippen molar-refractivity contribution in [2.24, 2.45) is 0 Å². The number of rotatable bonds is 7. The third-order valence-electron chi connectivity index (χ3n) is 4.55. The summed E-state index contributed by atoms with van der Waals surface area (Å²) in [5.41, 5.74) is 2.73. The summed E-state index contributed by atoms with van der Waals surface area (Å²) in [6, 6.07) is 16.4. The molecule has 1 amide bonds. The molecule has 0 saturated heterocycles. The van der Waals surface area contributed by atoms with Gasteiger partial charge >= 0.3 is 0 Å². The first kappa shape index (κ1) is 21.7. The van der Waals surface area contributed by atoms with E-state index in [1.165, 1.54) is 11.3 Å². The smallest absolute Gasteiger partial charge is 0.259 e. The molecule has 0 atom stereocenters. The molecule has 162 valence electrons. The first-order valence-corrected chi connectivity index (χ1v) is 10.8. The second-order valence-corrected chi connectivity index (χ2v) is 8.27. The number of carbonyl (C=O) groups is 1. The van der Waals surface area contributed by atoms with Crippen molar-refractivity contribution in [2.45, 2.75) is 13.5 Å². The van der Waals surface area contributed by atoms with E-state index < -0.39 is 0 Å². The molecule has 4 aromatic rings. The molecule has 0 saturated carbocycles. The van der Waals surface area contributed by atoms with Crippen molar-refractivity contribution in [3.05, 3.63) is 82.1 Å². The molecule has 0 bridgehead atoms. The van der Waals surface area contributed by atoms with Gasteiger partial charge in [-0.15, -0.1) is 10.2 Å². The van der Waals surface area contributed by atoms with Gasteiger partial charge in [-0.3, -0.25) is 15.1 Å². The fourth-order valence-electron chi connectivity index (χ4n) is 3.03. The fraction of sp³-hybridized carbons (Fsp3) is 0.130. The van der Waals surface area contributed by atoms with Gasteiger partial charge in [-0.05, 0) is 43.3 Å². The molecule has 7 nitrogen and oxygen atoms in total. The largest absolute Gasteiger partial charge is 0.496 e. The summed E-state index contributed by atoms with van der Waals surface area (Å²) in [6.45, 7) is 2.10. The van der Waals surface area contributed by atoms with E-state index in [1.807, 2.05) is 37.3 Å². The van der Waals surface area contributed by atoms with Crippen molar-refractivity contribution in [3.63, 3.8) is 0 Å². The summed E-state index contributed by atoms with van der Waals surface area (Å²) in [5.74, 6) is 1.01. The Labute approximate surface area is 194 Å². The number of hydrogen-bond acceptors (Lipinski definition) is 7. The van der Waals surface area contributed by atoms with Crippen LogP contribution in [0.4, 0.5) is 5.13 Å². The molecular weight excluding hydrogens is 448 g/mol. The van der Waals surface area contributed by atoms with Crippen LogP contribution in [0.2, 0.25) is 5.02 Å². The van der Waals surface area contributed by atoms with Crippen molar-refractivity contribution in [3.8, 4) is 22.6 Å². The Morgan fingerprint density at radius 3 is 2.66 bits per heavy atom. The summed E-state index contributed by atoms with van der Waals surface area (Å²) >= 11 is 7.12. The molecule has 32 heavy (non-hydrogen) atoms. The van der Waals surface area contributed by atoms with Gasteiger partial charge in [0.15, 0.2) is 5.01 Å². The second-order valence-electron chi connectivity index (χ2n) is 6.77. The van der Waals surface area contributed by atoms with Crippen LogP contribution in [0.25, 0.3) is 11.1 Å². The zero-order chi connectivity index (χ0) is 22.5. The highest BCUT2D eigenvalue weighted by Crippen LogP contribution is 2.33. The van der Waals surface area contributed by atoms with E-state index in [9.17, 15) is 4.79 Å². The van der Waals surface area contributed by atoms with E-state index in [1.54, 1.807) is 37.6 Å². The average molecular weight is 467 g/mol. The van der Waals surface area contributed by atoms with Gasteiger partial charge in [0.25, 0.3) is 5.91 Å². The number of hydrogen-bond donors (Lipinski definition) is 1. The Hall–Kier alpha value is -3.49. The second kappa shape index (κ2) is 9.76. The maximum atomic E-state index is 13.0. The van der Waals surface area contributed by atoms with E-state index in [0.717, 1.165) is 16.8 Å². The van der Waals surface area contributed by atoms with Crippen molar-refractivity contribution in [2.75, 3.05) is 12.4 Å². The van der Waals surface area contributed by atoms with Gasteiger partial charge in [0.05, 0.1) is 12.7 Å². The molecule has 9 heteroatoms. The number of aromatic nitrogens is 3. The van der Waals surface area contributed by atoms with Crippen LogP contribution in [-0.4, -0.2) is 28.2 Å². The normalized spacial score (nSPS) is 10.6. The number of carbonyl (C=O) groups excluding carboxylic acids is 1. The number of nitrogens with one attached hydrogen (secondary N) is 1. The first-order valence-electron chi connectivity index (χ1n) is 9.65. The van der Waals surface area contributed by atoms with Crippen LogP contribution in [0.5, 0.6) is 11.5 Å². The molecule has 1 N–H and O–H groups in total. The molecule has 2 aromatic carbocycles. The van der Waals surface area contributed by atoms with Crippen LogP contribution in [-0.2, 0) is 6.61 Å². The average Bonchev–Trinajstić information content (AvgIpc) is 3.25. The number of amides is 1. The Morgan fingerprint density at radius 1 is 1.09 bits per heavy atom. The van der Waals surface area contributed by atoms with Gasteiger partial charge in [-0.25, -0.2) is 0 Å². The number of pyridine rings is 1. The zero-order valence-electron chi connectivity index (χ0n) is 17.3. The van der Waals surface area contributed by atoms with Gasteiger partial charge in [0.1, 0.15) is 18.1 Å². The molecule has 2 heterocycles. The standard InChI is InChI=1S/C23H19ClN4O3S/c1-14-11-18(17-5-3-4-6-20(17)30-2)19(12-25-14)22(29)26-23-28-27-21(32-23)13-31-16-9-7-15(24)8-10-16/h3-12H,13H2,1-2H3,(H,26,28,29). The van der Waals surface area contributed by atoms with E-state index in [-0.39, 0.29) is 12.5 Å². The Balaban J connectivity index is 1.51. The lowest BCUT2D eigenvalue weighted by molar-refractivity contribution is 0.102. The van der Waals surface area contributed by atoms with Crippen molar-refractivity contribution < 1.29 is 14.3 Å². The molecule has 0 aliphatic carbocycles. The van der Waals surface area contributed by atoms with E-state index >= 15 is 0 Å². The zero-order valence-corrected chi connectivity index (χ0v) is 18.9. The third-order valence-corrected chi connectivity index (χ3v) is 5.61. The Bertz CT molecular complexity index is 1240. The summed E-state index contributed by atoms with van der Waals surface area (Å²) in [7, 11) is 1.60. The van der Waals surface area contributed by atoms with E-state index in [0.29, 0.717) is 32.2 Å². The van der Waals surface area contributed by atoms with Crippen molar-refractivity contribution >= 4 is 34.0 Å². The third kappa shape index (κ3) is 5.04. The number of halogens is 1. The quantitative estimate of drug-likeness (QED) is 0.392. The van der Waals surface area contributed by atoms with Gasteiger partial charge in [0.2, 0.25) is 5.13 Å². The summed E-state index contributed by atoms with van der Waals surface area (Å²) in [6.07, 6.45) is 1.55. The van der Waals surface area contributed by atoms with Gasteiger partial charge in [-0.1, -0.05) is 41.1 Å². The summed E-state index contributed by atoms with van der Waals surface area (Å²) < 4.78 is 11.2. The highest BCUT2D eigenvalue weighted by Gasteiger charge is 2.18. The fourth-order valence-corrected chi connectivity index (χ4v) is 3.81. The minimum Gasteiger partial charge on any atom is -0.496 e. The van der Waals surface area contributed by atoms with Crippen LogP contribution in [0.15, 0.2) is 60.8 Å². The predicted octanol–water partition coefficient (Wildman–Crippen LogP) is 5.40. The van der Waals surface area contributed by atoms with Crippen molar-refractivity contribution in [1.29, 1.82) is 0 Å². The number of anilines is 1. The maximum absolute atomic E-state index is 13.0. The molecule has 0 aliphatic rings. The number of nitrogens with zero attached hydrogens (tertiary/aromatic N) is 3. The van der Waals surface area contributed by atoms with Crippen LogP contribution >= 0.6 is 22.9 Å². The predicted molar refractivity (Wildman–Crippen MR) is 125 cm³/mol. The Kier molecular flexibility index (Phi) is 6.63. The van der Waals surface area contributed by atoms with Crippen LogP contribution in [0.1, 0.15) is 21.1 Å². The maximum Gasteiger partial charge on any atom is 0.259 e. The van der Waals surface area contributed by atoms with Crippen LogP contribution in [0.3, 0.4) is 0 Å². The molecule has 0 unspecified atom stereocenters. The SMILES string of the molecule is COc1ccccc1-c1cc(C)ncc1C(=O)Nc1nnc(COc2ccc(Cl)cc2)s1. The van der Waals surface area contributed by atoms with Crippen LogP contribution in [0, 0.1) is 6.92 Å². The molecule has 0 spiro atoms. The monoisotopic (exact) mass is 466 g/mol. The highest BCUT2D eigenvalue weighted by molar-refractivity contribution is 7.15. The Morgan fingerprint density at radius 2 is 1.88 bits per heavy atom. The molecule has 0 radical (unpaired) electrons. The van der Waals surface area contributed by atoms with Gasteiger partial charge < -0.3 is 9.47 Å². The van der Waals surface area contributed by atoms with Crippen LogP contribution < -0.4 is 14.8 Å². The number of methoxy groups -OCH3 is 1. The number of benzene rings is 2. The van der Waals surface area contributed by atoms with Gasteiger partial charge in [0, 0.05) is 28.0 Å². The number of ether oxygens (including phenoxy) is 2. The number of para-hydroxylation sites is 1. The lowest BCUT2D eigenvalue weighted by Crippen LogP contribution is -2.14. The summed E-state index contributed by atoms with van der Waals surface area (Å²) in [5, 5.41) is 12.6. The molecule has 0 aliphatic heterocycles. The van der Waals surface area contributed by atoms with E-state index in [2.05, 4.69) is 20.5 Å². The molecule has 2 aromatic heterocycles. The van der Waals surface area contributed by atoms with Gasteiger partial charge in [-0.2, -0.15) is 0 Å². The molecule has 0 fully saturated rings. The lowest BCUT2D eigenvalue weighted by atomic mass is 9.99. The highest BCUT2D eigenvalue weighted by atomic mass is 35.5. The molecular formula is C23H19ClN4O3S. The molecule has 4 rings (SSSR count). The number of aryl methyl sites for hydroxylation is 1. The summed E-state index contributed by atoms with van der Waals surface area (Å²) in [4.78, 5) is 17.3. The first-order chi connectivity index (χ1) is 15.5.